The monoisotopic (exact) mass is 239 g/mol. The van der Waals surface area contributed by atoms with Crippen LogP contribution < -0.4 is 5.73 Å². The smallest absolute Gasteiger partial charge is 0.314 e. The number of hydrogen-bond acceptors (Lipinski definition) is 5. The molecule has 5 nitrogen and oxygen atoms in total. The van der Waals surface area contributed by atoms with Gasteiger partial charge in [-0.15, -0.1) is 0 Å². The van der Waals surface area contributed by atoms with Crippen LogP contribution in [0.5, 0.6) is 0 Å². The van der Waals surface area contributed by atoms with Crippen molar-refractivity contribution in [3.05, 3.63) is 33.5 Å². The van der Waals surface area contributed by atoms with Crippen molar-refractivity contribution in [1.82, 2.24) is 4.98 Å². The van der Waals surface area contributed by atoms with Gasteiger partial charge in [0.2, 0.25) is 5.82 Å². The van der Waals surface area contributed by atoms with Gasteiger partial charge in [-0.1, -0.05) is 12.2 Å². The maximum absolute atomic E-state index is 10.8. The van der Waals surface area contributed by atoms with Gasteiger partial charge in [0.25, 0.3) is 0 Å². The Labute approximate surface area is 98.9 Å². The van der Waals surface area contributed by atoms with Crippen molar-refractivity contribution >= 4 is 30.2 Å². The lowest BCUT2D eigenvalue weighted by Gasteiger charge is -2.03. The van der Waals surface area contributed by atoms with Crippen molar-refractivity contribution in [3.8, 4) is 0 Å². The summed E-state index contributed by atoms with van der Waals surface area (Å²) in [5, 5.41) is 10.8. The number of nitrogen functional groups attached to an aromatic ring is 1. The zero-order chi connectivity index (χ0) is 12.1. The average molecular weight is 239 g/mol. The van der Waals surface area contributed by atoms with E-state index in [0.29, 0.717) is 11.1 Å². The minimum Gasteiger partial charge on any atom is -0.378 e. The Kier molecular flexibility index (Phi) is 4.30. The molecule has 0 aromatic carbocycles. The van der Waals surface area contributed by atoms with E-state index in [9.17, 15) is 10.1 Å². The van der Waals surface area contributed by atoms with E-state index in [1.54, 1.807) is 13.0 Å². The Balaban J connectivity index is 3.13. The van der Waals surface area contributed by atoms with Crippen molar-refractivity contribution < 1.29 is 4.92 Å². The van der Waals surface area contributed by atoms with Gasteiger partial charge in [-0.25, -0.2) is 4.98 Å². The zero-order valence-corrected chi connectivity index (χ0v) is 9.78. The molecule has 1 rings (SSSR count). The Bertz CT molecular complexity index is 432. The molecule has 1 aromatic rings. The average Bonchev–Trinajstić information content (AvgIpc) is 2.21. The standard InChI is InChI=1S/C10H13N3O2S/c1-7-8(4-2-3-5-16)6-12-10(11)9(7)13(14)15/h2,4,6,16H,3,5H2,1H3,(H2,11,12). The van der Waals surface area contributed by atoms with Crippen LogP contribution in [0.2, 0.25) is 0 Å². The van der Waals surface area contributed by atoms with Crippen LogP contribution in [0.1, 0.15) is 17.5 Å². The summed E-state index contributed by atoms with van der Waals surface area (Å²) in [5.74, 6) is 0.689. The Hall–Kier alpha value is -1.56. The molecule has 0 amide bonds. The predicted octanol–water partition coefficient (Wildman–Crippen LogP) is 2.21. The second kappa shape index (κ2) is 5.50. The fraction of sp³-hybridized carbons (Fsp3) is 0.300. The predicted molar refractivity (Wildman–Crippen MR) is 67.5 cm³/mol. The lowest BCUT2D eigenvalue weighted by Crippen LogP contribution is -2.02. The molecule has 1 aromatic heterocycles. The van der Waals surface area contributed by atoms with Gasteiger partial charge < -0.3 is 5.73 Å². The van der Waals surface area contributed by atoms with Gasteiger partial charge in [0.15, 0.2) is 0 Å². The third kappa shape index (κ3) is 2.73. The molecule has 0 atom stereocenters. The normalized spacial score (nSPS) is 10.9. The van der Waals surface area contributed by atoms with Crippen LogP contribution in [-0.2, 0) is 0 Å². The molecule has 0 spiro atoms. The zero-order valence-electron chi connectivity index (χ0n) is 8.88. The first-order valence-corrected chi connectivity index (χ1v) is 5.38. The first-order chi connectivity index (χ1) is 7.57. The molecule has 2 N–H and O–H groups in total. The molecule has 0 bridgehead atoms. The number of rotatable bonds is 4. The molecule has 0 fully saturated rings. The molecule has 0 aliphatic heterocycles. The van der Waals surface area contributed by atoms with Crippen LogP contribution in [0.15, 0.2) is 12.3 Å². The van der Waals surface area contributed by atoms with Gasteiger partial charge in [-0.05, 0) is 19.1 Å². The second-order valence-corrected chi connectivity index (χ2v) is 3.69. The van der Waals surface area contributed by atoms with Crippen LogP contribution in [0, 0.1) is 17.0 Å². The molecule has 0 saturated heterocycles. The number of hydrogen-bond donors (Lipinski definition) is 2. The van der Waals surface area contributed by atoms with E-state index in [1.807, 2.05) is 6.08 Å². The molecule has 0 aliphatic rings. The molecule has 16 heavy (non-hydrogen) atoms. The lowest BCUT2D eigenvalue weighted by molar-refractivity contribution is -0.384. The number of nitrogens with zero attached hydrogens (tertiary/aromatic N) is 2. The summed E-state index contributed by atoms with van der Waals surface area (Å²) in [7, 11) is 0. The van der Waals surface area contributed by atoms with Crippen LogP contribution >= 0.6 is 12.6 Å². The maximum atomic E-state index is 10.8. The van der Waals surface area contributed by atoms with Gasteiger partial charge in [-0.3, -0.25) is 10.1 Å². The fourth-order valence-electron chi connectivity index (χ4n) is 1.31. The third-order valence-electron chi connectivity index (χ3n) is 2.15. The van der Waals surface area contributed by atoms with Crippen LogP contribution in [-0.4, -0.2) is 15.7 Å². The summed E-state index contributed by atoms with van der Waals surface area (Å²) in [4.78, 5) is 14.1. The second-order valence-electron chi connectivity index (χ2n) is 3.24. The van der Waals surface area contributed by atoms with Crippen molar-refractivity contribution in [2.45, 2.75) is 13.3 Å². The molecule has 6 heteroatoms. The van der Waals surface area contributed by atoms with Gasteiger partial charge in [-0.2, -0.15) is 12.6 Å². The molecule has 0 aliphatic carbocycles. The summed E-state index contributed by atoms with van der Waals surface area (Å²) in [5.41, 5.74) is 6.59. The molecular weight excluding hydrogens is 226 g/mol. The van der Waals surface area contributed by atoms with E-state index in [-0.39, 0.29) is 11.5 Å². The van der Waals surface area contributed by atoms with Gasteiger partial charge >= 0.3 is 5.69 Å². The fourth-order valence-corrected chi connectivity index (χ4v) is 1.46. The quantitative estimate of drug-likeness (QED) is 0.479. The highest BCUT2D eigenvalue weighted by Gasteiger charge is 2.18. The van der Waals surface area contributed by atoms with Crippen molar-refractivity contribution in [2.24, 2.45) is 0 Å². The maximum Gasteiger partial charge on any atom is 0.314 e. The van der Waals surface area contributed by atoms with E-state index in [1.165, 1.54) is 6.20 Å². The number of allylic oxidation sites excluding steroid dienone is 1. The molecular formula is C10H13N3O2S. The van der Waals surface area contributed by atoms with Crippen molar-refractivity contribution in [2.75, 3.05) is 11.5 Å². The summed E-state index contributed by atoms with van der Waals surface area (Å²) in [6.45, 7) is 1.66. The van der Waals surface area contributed by atoms with E-state index in [4.69, 9.17) is 5.73 Å². The summed E-state index contributed by atoms with van der Waals surface area (Å²) in [6, 6.07) is 0. The van der Waals surface area contributed by atoms with E-state index >= 15 is 0 Å². The highest BCUT2D eigenvalue weighted by molar-refractivity contribution is 7.80. The van der Waals surface area contributed by atoms with E-state index in [0.717, 1.165) is 12.2 Å². The number of nitro groups is 1. The first-order valence-electron chi connectivity index (χ1n) is 4.74. The van der Waals surface area contributed by atoms with Gasteiger partial charge in [0.05, 0.1) is 4.92 Å². The van der Waals surface area contributed by atoms with Crippen LogP contribution in [0.4, 0.5) is 11.5 Å². The van der Waals surface area contributed by atoms with E-state index in [2.05, 4.69) is 17.6 Å². The Morgan fingerprint density at radius 3 is 2.94 bits per heavy atom. The molecule has 1 heterocycles. The minimum absolute atomic E-state index is 0.0474. The summed E-state index contributed by atoms with van der Waals surface area (Å²) >= 11 is 4.07. The molecule has 0 saturated carbocycles. The van der Waals surface area contributed by atoms with Gasteiger partial charge in [0.1, 0.15) is 0 Å². The number of thiol groups is 1. The van der Waals surface area contributed by atoms with Crippen LogP contribution in [0.25, 0.3) is 6.08 Å². The Morgan fingerprint density at radius 1 is 1.69 bits per heavy atom. The lowest BCUT2D eigenvalue weighted by atomic mass is 10.1. The largest absolute Gasteiger partial charge is 0.378 e. The highest BCUT2D eigenvalue weighted by atomic mass is 32.1. The van der Waals surface area contributed by atoms with Gasteiger partial charge in [0, 0.05) is 17.3 Å². The number of aromatic nitrogens is 1. The van der Waals surface area contributed by atoms with E-state index < -0.39 is 4.92 Å². The highest BCUT2D eigenvalue weighted by Crippen LogP contribution is 2.26. The summed E-state index contributed by atoms with van der Waals surface area (Å²) < 4.78 is 0. The minimum atomic E-state index is -0.506. The number of nitrogens with two attached hydrogens (primary N) is 1. The Morgan fingerprint density at radius 2 is 2.38 bits per heavy atom. The number of anilines is 1. The summed E-state index contributed by atoms with van der Waals surface area (Å²) in [6.07, 6.45) is 6.04. The first kappa shape index (κ1) is 12.5. The molecule has 86 valence electrons. The topological polar surface area (TPSA) is 82.0 Å². The van der Waals surface area contributed by atoms with Crippen molar-refractivity contribution in [1.29, 1.82) is 0 Å². The third-order valence-corrected chi connectivity index (χ3v) is 2.41. The molecule has 0 unspecified atom stereocenters. The molecule has 0 radical (unpaired) electrons. The van der Waals surface area contributed by atoms with Crippen LogP contribution in [0.3, 0.4) is 0 Å². The van der Waals surface area contributed by atoms with Crippen molar-refractivity contribution in [3.63, 3.8) is 0 Å². The number of pyridine rings is 1. The SMILES string of the molecule is Cc1c(C=CCCS)cnc(N)c1[N+](=O)[O-].